The molecular weight excluding hydrogens is 326 g/mol. The fourth-order valence-corrected chi connectivity index (χ4v) is 3.23. The SMILES string of the molecule is CC(C)CC(C)(N)COc1ccc(-c2ncnc3[nH]ccc23)cc1C#N. The number of aromatic nitrogens is 3. The van der Waals surface area contributed by atoms with Crippen molar-refractivity contribution < 1.29 is 4.74 Å². The van der Waals surface area contributed by atoms with Crippen LogP contribution in [0.4, 0.5) is 0 Å². The standard InChI is InChI=1S/C20H23N5O/c1-13(2)9-20(3,22)11-26-17-5-4-14(8-15(17)10-21)18-16-6-7-23-19(16)25-12-24-18/h4-8,12-13H,9,11,22H2,1-3H3,(H,23,24,25). The Morgan fingerprint density at radius 2 is 2.12 bits per heavy atom. The van der Waals surface area contributed by atoms with Gasteiger partial charge in [-0.1, -0.05) is 13.8 Å². The molecule has 0 aliphatic carbocycles. The van der Waals surface area contributed by atoms with E-state index in [1.165, 1.54) is 6.33 Å². The van der Waals surface area contributed by atoms with E-state index in [9.17, 15) is 5.26 Å². The van der Waals surface area contributed by atoms with Gasteiger partial charge in [-0.15, -0.1) is 0 Å². The quantitative estimate of drug-likeness (QED) is 0.707. The summed E-state index contributed by atoms with van der Waals surface area (Å²) < 4.78 is 5.87. The number of H-pyrrole nitrogens is 1. The summed E-state index contributed by atoms with van der Waals surface area (Å²) in [5, 5.41) is 10.5. The average Bonchev–Trinajstić information content (AvgIpc) is 3.07. The Morgan fingerprint density at radius 3 is 2.85 bits per heavy atom. The molecule has 0 saturated heterocycles. The molecule has 1 aromatic carbocycles. The van der Waals surface area contributed by atoms with Gasteiger partial charge in [-0.05, 0) is 43.5 Å². The van der Waals surface area contributed by atoms with Crippen molar-refractivity contribution in [2.45, 2.75) is 32.7 Å². The number of nitrogens with zero attached hydrogens (tertiary/aromatic N) is 3. The maximum absolute atomic E-state index is 9.54. The number of nitrogens with two attached hydrogens (primary N) is 1. The van der Waals surface area contributed by atoms with Gasteiger partial charge in [0, 0.05) is 22.7 Å². The molecule has 3 aromatic rings. The first kappa shape index (κ1) is 17.9. The molecule has 0 fully saturated rings. The maximum atomic E-state index is 9.54. The monoisotopic (exact) mass is 349 g/mol. The van der Waals surface area contributed by atoms with Crippen LogP contribution in [0.5, 0.6) is 5.75 Å². The first-order chi connectivity index (χ1) is 12.4. The van der Waals surface area contributed by atoms with Gasteiger partial charge in [-0.3, -0.25) is 0 Å². The molecule has 134 valence electrons. The number of benzene rings is 1. The molecule has 0 spiro atoms. The van der Waals surface area contributed by atoms with Crippen LogP contribution in [0, 0.1) is 17.2 Å². The maximum Gasteiger partial charge on any atom is 0.141 e. The molecule has 2 aromatic heterocycles. The summed E-state index contributed by atoms with van der Waals surface area (Å²) in [5.41, 5.74) is 8.71. The first-order valence-electron chi connectivity index (χ1n) is 8.64. The van der Waals surface area contributed by atoms with Gasteiger partial charge >= 0.3 is 0 Å². The van der Waals surface area contributed by atoms with E-state index in [4.69, 9.17) is 10.5 Å². The molecule has 0 saturated carbocycles. The van der Waals surface area contributed by atoms with Gasteiger partial charge in [0.1, 0.15) is 30.4 Å². The molecule has 0 aliphatic rings. The van der Waals surface area contributed by atoms with E-state index in [1.807, 2.05) is 25.3 Å². The van der Waals surface area contributed by atoms with Gasteiger partial charge < -0.3 is 15.5 Å². The Balaban J connectivity index is 1.87. The molecule has 3 rings (SSSR count). The van der Waals surface area contributed by atoms with E-state index in [0.29, 0.717) is 23.8 Å². The Morgan fingerprint density at radius 1 is 1.31 bits per heavy atom. The first-order valence-corrected chi connectivity index (χ1v) is 8.64. The van der Waals surface area contributed by atoms with Crippen molar-refractivity contribution >= 4 is 11.0 Å². The lowest BCUT2D eigenvalue weighted by atomic mass is 9.93. The van der Waals surface area contributed by atoms with Crippen molar-refractivity contribution in [3.8, 4) is 23.1 Å². The van der Waals surface area contributed by atoms with Gasteiger partial charge in [0.15, 0.2) is 0 Å². The molecule has 3 N–H and O–H groups in total. The fourth-order valence-electron chi connectivity index (χ4n) is 3.23. The lowest BCUT2D eigenvalue weighted by Gasteiger charge is -2.26. The lowest BCUT2D eigenvalue weighted by molar-refractivity contribution is 0.206. The van der Waals surface area contributed by atoms with E-state index in [-0.39, 0.29) is 0 Å². The van der Waals surface area contributed by atoms with Crippen LogP contribution in [-0.2, 0) is 0 Å². The molecule has 0 radical (unpaired) electrons. The molecule has 6 heteroatoms. The minimum absolute atomic E-state index is 0.356. The highest BCUT2D eigenvalue weighted by Gasteiger charge is 2.22. The van der Waals surface area contributed by atoms with Crippen molar-refractivity contribution in [3.05, 3.63) is 42.4 Å². The minimum atomic E-state index is -0.441. The highest BCUT2D eigenvalue weighted by atomic mass is 16.5. The number of aromatic amines is 1. The van der Waals surface area contributed by atoms with Crippen LogP contribution in [0.15, 0.2) is 36.8 Å². The van der Waals surface area contributed by atoms with E-state index >= 15 is 0 Å². The third-order valence-corrected chi connectivity index (χ3v) is 4.16. The zero-order valence-electron chi connectivity index (χ0n) is 15.3. The molecule has 0 bridgehead atoms. The van der Waals surface area contributed by atoms with Crippen molar-refractivity contribution in [2.24, 2.45) is 11.7 Å². The molecule has 0 aliphatic heterocycles. The third kappa shape index (κ3) is 3.84. The largest absolute Gasteiger partial charge is 0.490 e. The van der Waals surface area contributed by atoms with Crippen LogP contribution in [0.25, 0.3) is 22.3 Å². The van der Waals surface area contributed by atoms with Gasteiger partial charge in [0.05, 0.1) is 11.3 Å². The van der Waals surface area contributed by atoms with Crippen LogP contribution in [0.1, 0.15) is 32.8 Å². The lowest BCUT2D eigenvalue weighted by Crippen LogP contribution is -2.43. The summed E-state index contributed by atoms with van der Waals surface area (Å²) in [4.78, 5) is 11.6. The zero-order chi connectivity index (χ0) is 18.7. The van der Waals surface area contributed by atoms with Gasteiger partial charge in [-0.25, -0.2) is 9.97 Å². The Hall–Kier alpha value is -2.91. The summed E-state index contributed by atoms with van der Waals surface area (Å²) in [7, 11) is 0. The van der Waals surface area contributed by atoms with E-state index < -0.39 is 5.54 Å². The molecular formula is C20H23N5O. The highest BCUT2D eigenvalue weighted by Crippen LogP contribution is 2.29. The molecule has 1 unspecified atom stereocenters. The molecule has 6 nitrogen and oxygen atoms in total. The Labute approximate surface area is 153 Å². The zero-order valence-corrected chi connectivity index (χ0v) is 15.3. The van der Waals surface area contributed by atoms with Crippen molar-refractivity contribution in [1.29, 1.82) is 5.26 Å². The van der Waals surface area contributed by atoms with Crippen LogP contribution < -0.4 is 10.5 Å². The van der Waals surface area contributed by atoms with Crippen LogP contribution in [0.2, 0.25) is 0 Å². The van der Waals surface area contributed by atoms with E-state index in [2.05, 4.69) is 34.9 Å². The normalized spacial score (nSPS) is 13.5. The fraction of sp³-hybridized carbons (Fsp3) is 0.350. The number of nitriles is 1. The van der Waals surface area contributed by atoms with Crippen molar-refractivity contribution in [2.75, 3.05) is 6.61 Å². The van der Waals surface area contributed by atoms with Crippen molar-refractivity contribution in [1.82, 2.24) is 15.0 Å². The number of fused-ring (bicyclic) bond motifs is 1. The molecule has 1 atom stereocenters. The van der Waals surface area contributed by atoms with Crippen molar-refractivity contribution in [3.63, 3.8) is 0 Å². The third-order valence-electron chi connectivity index (χ3n) is 4.16. The molecule has 26 heavy (non-hydrogen) atoms. The topological polar surface area (TPSA) is 101 Å². The molecule has 0 amide bonds. The summed E-state index contributed by atoms with van der Waals surface area (Å²) >= 11 is 0. The Bertz CT molecular complexity index is 952. The number of hydrogen-bond donors (Lipinski definition) is 2. The smallest absolute Gasteiger partial charge is 0.141 e. The number of nitrogens with one attached hydrogen (secondary N) is 1. The summed E-state index contributed by atoms with van der Waals surface area (Å²) in [5.74, 6) is 1.02. The second-order valence-electron chi connectivity index (χ2n) is 7.33. The highest BCUT2D eigenvalue weighted by molar-refractivity contribution is 5.90. The summed E-state index contributed by atoms with van der Waals surface area (Å²) in [6, 6.07) is 9.63. The number of ether oxygens (including phenoxy) is 1. The number of hydrogen-bond acceptors (Lipinski definition) is 5. The van der Waals surface area contributed by atoms with Gasteiger partial charge in [0.2, 0.25) is 0 Å². The van der Waals surface area contributed by atoms with Gasteiger partial charge in [-0.2, -0.15) is 5.26 Å². The van der Waals surface area contributed by atoms with Crippen LogP contribution in [0.3, 0.4) is 0 Å². The second-order valence-corrected chi connectivity index (χ2v) is 7.33. The Kier molecular flexibility index (Phi) is 4.92. The average molecular weight is 349 g/mol. The predicted octanol–water partition coefficient (Wildman–Crippen LogP) is 3.64. The number of rotatable bonds is 6. The van der Waals surface area contributed by atoms with Crippen LogP contribution >= 0.6 is 0 Å². The molecule has 2 heterocycles. The van der Waals surface area contributed by atoms with E-state index in [1.54, 1.807) is 12.1 Å². The minimum Gasteiger partial charge on any atom is -0.490 e. The van der Waals surface area contributed by atoms with Crippen LogP contribution in [-0.4, -0.2) is 27.1 Å². The summed E-state index contributed by atoms with van der Waals surface area (Å²) in [6.45, 7) is 6.58. The van der Waals surface area contributed by atoms with Gasteiger partial charge in [0.25, 0.3) is 0 Å². The van der Waals surface area contributed by atoms with E-state index in [0.717, 1.165) is 28.7 Å². The predicted molar refractivity (Wildman–Crippen MR) is 102 cm³/mol. The summed E-state index contributed by atoms with van der Waals surface area (Å²) in [6.07, 6.45) is 4.18. The second kappa shape index (κ2) is 7.14.